The van der Waals surface area contributed by atoms with Crippen molar-refractivity contribution in [3.63, 3.8) is 0 Å². The maximum atomic E-state index is 13.3. The number of aromatic nitrogens is 2. The molecule has 0 amide bonds. The van der Waals surface area contributed by atoms with Crippen molar-refractivity contribution in [3.05, 3.63) is 64.6 Å². The van der Waals surface area contributed by atoms with E-state index in [1.165, 1.54) is 12.1 Å². The third kappa shape index (κ3) is 4.03. The van der Waals surface area contributed by atoms with Crippen LogP contribution in [0.4, 0.5) is 21.8 Å². The summed E-state index contributed by atoms with van der Waals surface area (Å²) in [5.41, 5.74) is 2.43. The summed E-state index contributed by atoms with van der Waals surface area (Å²) in [5, 5.41) is 6.34. The molecule has 0 saturated heterocycles. The summed E-state index contributed by atoms with van der Waals surface area (Å²) in [4.78, 5) is 8.79. The van der Waals surface area contributed by atoms with Gasteiger partial charge in [0.25, 0.3) is 0 Å². The van der Waals surface area contributed by atoms with Gasteiger partial charge in [-0.1, -0.05) is 17.7 Å². The van der Waals surface area contributed by atoms with Crippen molar-refractivity contribution < 1.29 is 13.9 Å². The SMILES string of the molecule is Cc1cc(NCc2ccc3c(c2)OCO3)nc(Nc2ccc(F)c(Cl)c2)n1. The average molecular weight is 387 g/mol. The second-order valence-electron chi connectivity index (χ2n) is 6.01. The van der Waals surface area contributed by atoms with Crippen molar-refractivity contribution in [2.75, 3.05) is 17.4 Å². The predicted molar refractivity (Wildman–Crippen MR) is 101 cm³/mol. The van der Waals surface area contributed by atoms with Gasteiger partial charge in [0.15, 0.2) is 11.5 Å². The second-order valence-corrected chi connectivity index (χ2v) is 6.42. The lowest BCUT2D eigenvalue weighted by Crippen LogP contribution is -2.05. The maximum Gasteiger partial charge on any atom is 0.231 e. The second kappa shape index (κ2) is 7.28. The predicted octanol–water partition coefficient (Wildman–Crippen LogP) is 4.66. The van der Waals surface area contributed by atoms with Crippen LogP contribution >= 0.6 is 11.6 Å². The summed E-state index contributed by atoms with van der Waals surface area (Å²) < 4.78 is 24.0. The first-order valence-electron chi connectivity index (χ1n) is 8.27. The van der Waals surface area contributed by atoms with Crippen LogP contribution in [-0.2, 0) is 6.54 Å². The first kappa shape index (κ1) is 17.4. The van der Waals surface area contributed by atoms with Crippen molar-refractivity contribution >= 4 is 29.1 Å². The highest BCUT2D eigenvalue weighted by Gasteiger charge is 2.13. The lowest BCUT2D eigenvalue weighted by Gasteiger charge is -2.11. The monoisotopic (exact) mass is 386 g/mol. The van der Waals surface area contributed by atoms with Gasteiger partial charge in [-0.3, -0.25) is 0 Å². The van der Waals surface area contributed by atoms with Crippen LogP contribution in [-0.4, -0.2) is 16.8 Å². The van der Waals surface area contributed by atoms with E-state index in [4.69, 9.17) is 21.1 Å². The minimum Gasteiger partial charge on any atom is -0.454 e. The molecule has 3 aromatic rings. The molecule has 1 aliphatic heterocycles. The molecule has 0 unspecified atom stereocenters. The van der Waals surface area contributed by atoms with E-state index in [2.05, 4.69) is 20.6 Å². The quantitative estimate of drug-likeness (QED) is 0.664. The Labute approximate surface area is 160 Å². The average Bonchev–Trinajstić information content (AvgIpc) is 3.10. The van der Waals surface area contributed by atoms with Crippen LogP contribution in [0.25, 0.3) is 0 Å². The van der Waals surface area contributed by atoms with Gasteiger partial charge < -0.3 is 20.1 Å². The Morgan fingerprint density at radius 3 is 2.78 bits per heavy atom. The number of halogens is 2. The number of nitrogens with one attached hydrogen (secondary N) is 2. The standard InChI is InChI=1S/C19H16ClFN4O2/c1-11-6-18(22-9-12-2-5-16-17(7-12)27-10-26-16)25-19(23-11)24-13-3-4-15(21)14(20)8-13/h2-8H,9-10H2,1H3,(H2,22,23,24,25). The van der Waals surface area contributed by atoms with Crippen LogP contribution < -0.4 is 20.1 Å². The normalized spacial score (nSPS) is 12.1. The van der Waals surface area contributed by atoms with Gasteiger partial charge in [-0.15, -0.1) is 0 Å². The van der Waals surface area contributed by atoms with Crippen LogP contribution in [0.1, 0.15) is 11.3 Å². The molecule has 1 aromatic heterocycles. The van der Waals surface area contributed by atoms with Crippen LogP contribution in [0.3, 0.4) is 0 Å². The third-order valence-electron chi connectivity index (χ3n) is 3.94. The fourth-order valence-corrected chi connectivity index (χ4v) is 2.84. The van der Waals surface area contributed by atoms with Crippen LogP contribution in [0.5, 0.6) is 11.5 Å². The molecule has 2 heterocycles. The smallest absolute Gasteiger partial charge is 0.231 e. The molecular weight excluding hydrogens is 371 g/mol. The van der Waals surface area contributed by atoms with Crippen LogP contribution in [0, 0.1) is 12.7 Å². The molecule has 0 aliphatic carbocycles. The van der Waals surface area contributed by atoms with E-state index in [-0.39, 0.29) is 11.8 Å². The molecule has 8 heteroatoms. The fourth-order valence-electron chi connectivity index (χ4n) is 2.66. The van der Waals surface area contributed by atoms with E-state index in [0.717, 1.165) is 22.8 Å². The minimum absolute atomic E-state index is 0.0359. The zero-order valence-corrected chi connectivity index (χ0v) is 15.2. The summed E-state index contributed by atoms with van der Waals surface area (Å²) in [7, 11) is 0. The number of aryl methyl sites for hydroxylation is 1. The highest BCUT2D eigenvalue weighted by molar-refractivity contribution is 6.31. The zero-order chi connectivity index (χ0) is 18.8. The number of hydrogen-bond acceptors (Lipinski definition) is 6. The summed E-state index contributed by atoms with van der Waals surface area (Å²) in [6.07, 6.45) is 0. The number of fused-ring (bicyclic) bond motifs is 1. The topological polar surface area (TPSA) is 68.3 Å². The van der Waals surface area contributed by atoms with E-state index < -0.39 is 5.82 Å². The van der Waals surface area contributed by atoms with Crippen molar-refractivity contribution in [1.82, 2.24) is 9.97 Å². The van der Waals surface area contributed by atoms with Crippen molar-refractivity contribution in [3.8, 4) is 11.5 Å². The first-order chi connectivity index (χ1) is 13.1. The lowest BCUT2D eigenvalue weighted by molar-refractivity contribution is 0.174. The number of ether oxygens (including phenoxy) is 2. The maximum absolute atomic E-state index is 13.3. The number of hydrogen-bond donors (Lipinski definition) is 2. The number of rotatable bonds is 5. The third-order valence-corrected chi connectivity index (χ3v) is 4.23. The van der Waals surface area contributed by atoms with E-state index in [9.17, 15) is 4.39 Å². The van der Waals surface area contributed by atoms with Gasteiger partial charge in [0, 0.05) is 24.0 Å². The molecule has 1 aliphatic rings. The molecule has 6 nitrogen and oxygen atoms in total. The Morgan fingerprint density at radius 1 is 1.07 bits per heavy atom. The van der Waals surface area contributed by atoms with E-state index in [1.54, 1.807) is 6.07 Å². The molecule has 0 fully saturated rings. The van der Waals surface area contributed by atoms with Gasteiger partial charge >= 0.3 is 0 Å². The summed E-state index contributed by atoms with van der Waals surface area (Å²) in [6.45, 7) is 2.69. The Morgan fingerprint density at radius 2 is 1.93 bits per heavy atom. The lowest BCUT2D eigenvalue weighted by atomic mass is 10.2. The molecule has 2 aromatic carbocycles. The Balaban J connectivity index is 1.47. The molecular formula is C19H16ClFN4O2. The van der Waals surface area contributed by atoms with Gasteiger partial charge in [-0.05, 0) is 42.8 Å². The van der Waals surface area contributed by atoms with Gasteiger partial charge in [-0.25, -0.2) is 9.37 Å². The Kier molecular flexibility index (Phi) is 4.68. The number of benzene rings is 2. The fraction of sp³-hybridized carbons (Fsp3) is 0.158. The van der Waals surface area contributed by atoms with Gasteiger partial charge in [0.2, 0.25) is 12.7 Å². The van der Waals surface area contributed by atoms with Gasteiger partial charge in [0.1, 0.15) is 11.6 Å². The molecule has 0 atom stereocenters. The molecule has 0 bridgehead atoms. The molecule has 4 rings (SSSR count). The molecule has 2 N–H and O–H groups in total. The summed E-state index contributed by atoms with van der Waals surface area (Å²) >= 11 is 5.81. The Hall–Kier alpha value is -3.06. The minimum atomic E-state index is -0.474. The van der Waals surface area contributed by atoms with E-state index >= 15 is 0 Å². The molecule has 0 radical (unpaired) electrons. The summed E-state index contributed by atoms with van der Waals surface area (Å²) in [6, 6.07) is 12.0. The van der Waals surface area contributed by atoms with Crippen LogP contribution in [0.2, 0.25) is 5.02 Å². The van der Waals surface area contributed by atoms with Crippen molar-refractivity contribution in [2.45, 2.75) is 13.5 Å². The van der Waals surface area contributed by atoms with Crippen molar-refractivity contribution in [1.29, 1.82) is 0 Å². The van der Waals surface area contributed by atoms with Gasteiger partial charge in [0.05, 0.1) is 5.02 Å². The summed E-state index contributed by atoms with van der Waals surface area (Å²) in [5.74, 6) is 2.07. The highest BCUT2D eigenvalue weighted by Crippen LogP contribution is 2.32. The van der Waals surface area contributed by atoms with Gasteiger partial charge in [-0.2, -0.15) is 4.98 Å². The molecule has 27 heavy (non-hydrogen) atoms. The zero-order valence-electron chi connectivity index (χ0n) is 14.4. The largest absolute Gasteiger partial charge is 0.454 e. The number of anilines is 3. The van der Waals surface area contributed by atoms with E-state index in [1.807, 2.05) is 31.2 Å². The number of nitrogens with zero attached hydrogens (tertiary/aromatic N) is 2. The first-order valence-corrected chi connectivity index (χ1v) is 8.65. The van der Waals surface area contributed by atoms with Crippen molar-refractivity contribution in [2.24, 2.45) is 0 Å². The highest BCUT2D eigenvalue weighted by atomic mass is 35.5. The molecule has 0 saturated carbocycles. The Bertz CT molecular complexity index is 999. The van der Waals surface area contributed by atoms with Crippen LogP contribution in [0.15, 0.2) is 42.5 Å². The van der Waals surface area contributed by atoms with E-state index in [0.29, 0.717) is 24.0 Å². The molecule has 138 valence electrons. The molecule has 0 spiro atoms.